The SMILES string of the molecule is COCC(O)COCCOc1ccc(-c2nc(-c3ccc(OCCOCC(O)CO)cc3O)nc(-c3ccc(OCCOCC(O)COC)cc3O)n2)c(O)c1. The Bertz CT molecular complexity index is 1690. The zero-order chi connectivity index (χ0) is 40.3. The van der Waals surface area contributed by atoms with Crippen molar-refractivity contribution in [2.75, 3.05) is 93.5 Å². The van der Waals surface area contributed by atoms with Crippen LogP contribution in [0.5, 0.6) is 34.5 Å². The number of hydrogen-bond donors (Lipinski definition) is 7. The van der Waals surface area contributed by atoms with Crippen LogP contribution in [0.4, 0.5) is 0 Å². The van der Waals surface area contributed by atoms with Gasteiger partial charge in [0.1, 0.15) is 72.6 Å². The molecule has 0 spiro atoms. The summed E-state index contributed by atoms with van der Waals surface area (Å²) in [7, 11) is 2.96. The Morgan fingerprint density at radius 2 is 0.786 bits per heavy atom. The Morgan fingerprint density at radius 3 is 1.07 bits per heavy atom. The van der Waals surface area contributed by atoms with Crippen molar-refractivity contribution in [2.45, 2.75) is 18.3 Å². The van der Waals surface area contributed by atoms with E-state index in [0.717, 1.165) is 0 Å². The standard InChI is InChI=1S/C38H49N3O15/c1-49-19-25(44)22-52-10-13-55-28-4-7-31(34(47)16-28)37-39-36(30-6-3-27(15-33(30)46)54-12-9-51-21-24(43)18-42)40-38(41-37)32-8-5-29(17-35(32)48)56-14-11-53-23-26(45)20-50-2/h3-8,15-17,24-26,42-48H,9-14,18-23H2,1-2H3. The van der Waals surface area contributed by atoms with Crippen LogP contribution in [0.15, 0.2) is 54.6 Å². The van der Waals surface area contributed by atoms with Crippen LogP contribution in [-0.2, 0) is 23.7 Å². The lowest BCUT2D eigenvalue weighted by molar-refractivity contribution is -0.0122. The number of aliphatic hydroxyl groups is 4. The number of ether oxygens (including phenoxy) is 8. The van der Waals surface area contributed by atoms with Gasteiger partial charge < -0.3 is 73.6 Å². The van der Waals surface area contributed by atoms with Gasteiger partial charge in [-0.3, -0.25) is 0 Å². The van der Waals surface area contributed by atoms with Gasteiger partial charge in [0.25, 0.3) is 0 Å². The fourth-order valence-electron chi connectivity index (χ4n) is 4.96. The second-order valence-corrected chi connectivity index (χ2v) is 12.2. The highest BCUT2D eigenvalue weighted by Crippen LogP contribution is 2.37. The summed E-state index contributed by atoms with van der Waals surface area (Å²) < 4.78 is 42.8. The van der Waals surface area contributed by atoms with Crippen LogP contribution in [0.2, 0.25) is 0 Å². The molecule has 0 aliphatic rings. The highest BCUT2D eigenvalue weighted by Gasteiger charge is 2.20. The monoisotopic (exact) mass is 787 g/mol. The number of benzene rings is 3. The molecule has 0 radical (unpaired) electrons. The van der Waals surface area contributed by atoms with E-state index in [1.165, 1.54) is 38.5 Å². The van der Waals surface area contributed by atoms with Gasteiger partial charge in [-0.2, -0.15) is 0 Å². The minimum atomic E-state index is -0.994. The number of hydrogen-bond acceptors (Lipinski definition) is 18. The molecule has 3 aromatic carbocycles. The highest BCUT2D eigenvalue weighted by molar-refractivity contribution is 5.74. The third kappa shape index (κ3) is 14.0. The molecule has 306 valence electrons. The number of aromatic nitrogens is 3. The summed E-state index contributed by atoms with van der Waals surface area (Å²) in [5, 5.41) is 70.9. The topological polar surface area (TPSA) is 254 Å². The first-order chi connectivity index (χ1) is 27.1. The van der Waals surface area contributed by atoms with Gasteiger partial charge in [0.2, 0.25) is 0 Å². The van der Waals surface area contributed by atoms with Gasteiger partial charge in [-0.05, 0) is 36.4 Å². The average molecular weight is 788 g/mol. The van der Waals surface area contributed by atoms with Gasteiger partial charge in [0.05, 0.1) is 76.2 Å². The molecule has 0 bridgehead atoms. The number of aromatic hydroxyl groups is 3. The summed E-state index contributed by atoms with van der Waals surface area (Å²) in [6, 6.07) is 13.5. The van der Waals surface area contributed by atoms with Crippen molar-refractivity contribution < 1.29 is 73.6 Å². The largest absolute Gasteiger partial charge is 0.507 e. The molecule has 3 unspecified atom stereocenters. The Hall–Kier alpha value is -4.89. The van der Waals surface area contributed by atoms with Gasteiger partial charge in [0, 0.05) is 32.4 Å². The van der Waals surface area contributed by atoms with E-state index in [2.05, 4.69) is 15.0 Å². The maximum absolute atomic E-state index is 11.1. The third-order valence-corrected chi connectivity index (χ3v) is 7.61. The number of phenols is 3. The zero-order valence-corrected chi connectivity index (χ0v) is 31.2. The van der Waals surface area contributed by atoms with E-state index >= 15 is 0 Å². The maximum Gasteiger partial charge on any atom is 0.167 e. The molecule has 0 aliphatic heterocycles. The normalized spacial score (nSPS) is 13.0. The number of aliphatic hydroxyl groups excluding tert-OH is 4. The number of rotatable bonds is 26. The third-order valence-electron chi connectivity index (χ3n) is 7.61. The van der Waals surface area contributed by atoms with Crippen LogP contribution in [0.25, 0.3) is 34.2 Å². The van der Waals surface area contributed by atoms with Gasteiger partial charge in [-0.15, -0.1) is 0 Å². The van der Waals surface area contributed by atoms with Gasteiger partial charge in [-0.25, -0.2) is 15.0 Å². The molecule has 4 aromatic rings. The molecule has 0 saturated carbocycles. The molecule has 18 nitrogen and oxygen atoms in total. The minimum absolute atomic E-state index is 0.00967. The van der Waals surface area contributed by atoms with Crippen LogP contribution in [0, 0.1) is 0 Å². The predicted octanol–water partition coefficient (Wildman–Crippen LogP) is 1.54. The van der Waals surface area contributed by atoms with E-state index in [1.807, 2.05) is 0 Å². The smallest absolute Gasteiger partial charge is 0.167 e. The minimum Gasteiger partial charge on any atom is -0.507 e. The van der Waals surface area contributed by atoms with Crippen LogP contribution in [0.1, 0.15) is 0 Å². The van der Waals surface area contributed by atoms with Crippen LogP contribution < -0.4 is 14.2 Å². The molecule has 0 saturated heterocycles. The number of phenolic OH excluding ortho intramolecular Hbond substituents is 3. The fraction of sp³-hybridized carbons (Fsp3) is 0.447. The predicted molar refractivity (Wildman–Crippen MR) is 199 cm³/mol. The molecular weight excluding hydrogens is 738 g/mol. The highest BCUT2D eigenvalue weighted by atomic mass is 16.5. The molecule has 56 heavy (non-hydrogen) atoms. The molecular formula is C38H49N3O15. The van der Waals surface area contributed by atoms with Crippen molar-refractivity contribution >= 4 is 0 Å². The first-order valence-corrected chi connectivity index (χ1v) is 17.6. The molecule has 1 aromatic heterocycles. The summed E-state index contributed by atoms with van der Waals surface area (Å²) in [5.74, 6) is 0.305. The molecule has 0 aliphatic carbocycles. The quantitative estimate of drug-likeness (QED) is 0.0446. The summed E-state index contributed by atoms with van der Waals surface area (Å²) >= 11 is 0. The van der Waals surface area contributed by atoms with Crippen molar-refractivity contribution in [3.8, 4) is 68.7 Å². The Labute approximate surface area is 323 Å². The molecule has 18 heteroatoms. The van der Waals surface area contributed by atoms with Crippen LogP contribution in [0.3, 0.4) is 0 Å². The lowest BCUT2D eigenvalue weighted by atomic mass is 10.1. The Balaban J connectivity index is 1.55. The lowest BCUT2D eigenvalue weighted by Gasteiger charge is -2.14. The molecule has 3 atom stereocenters. The van der Waals surface area contributed by atoms with Crippen LogP contribution >= 0.6 is 0 Å². The van der Waals surface area contributed by atoms with Crippen molar-refractivity contribution in [1.82, 2.24) is 15.0 Å². The summed E-state index contributed by atoms with van der Waals surface area (Å²) in [4.78, 5) is 13.7. The average Bonchev–Trinajstić information content (AvgIpc) is 3.17. The van der Waals surface area contributed by atoms with Crippen molar-refractivity contribution in [2.24, 2.45) is 0 Å². The van der Waals surface area contributed by atoms with E-state index in [1.54, 1.807) is 30.3 Å². The number of methoxy groups -OCH3 is 2. The zero-order valence-electron chi connectivity index (χ0n) is 31.2. The van der Waals surface area contributed by atoms with E-state index in [9.17, 15) is 30.6 Å². The Morgan fingerprint density at radius 1 is 0.464 bits per heavy atom. The Kier molecular flexibility index (Phi) is 18.2. The first-order valence-electron chi connectivity index (χ1n) is 17.6. The molecule has 7 N–H and O–H groups in total. The first kappa shape index (κ1) is 43.8. The molecule has 4 rings (SSSR count). The maximum atomic E-state index is 11.1. The van der Waals surface area contributed by atoms with E-state index in [-0.39, 0.29) is 124 Å². The van der Waals surface area contributed by atoms with E-state index < -0.39 is 24.9 Å². The van der Waals surface area contributed by atoms with Crippen molar-refractivity contribution in [3.05, 3.63) is 54.6 Å². The number of nitrogens with zero attached hydrogens (tertiary/aromatic N) is 3. The summed E-state index contributed by atoms with van der Waals surface area (Å²) in [6.45, 7) is 0.822. The molecule has 1 heterocycles. The van der Waals surface area contributed by atoms with E-state index in [0.29, 0.717) is 17.2 Å². The molecule has 0 fully saturated rings. The summed E-state index contributed by atoms with van der Waals surface area (Å²) in [6.07, 6.45) is -2.52. The fourth-order valence-corrected chi connectivity index (χ4v) is 4.96. The second kappa shape index (κ2) is 23.2. The molecule has 0 amide bonds. The van der Waals surface area contributed by atoms with Crippen molar-refractivity contribution in [1.29, 1.82) is 0 Å². The van der Waals surface area contributed by atoms with E-state index in [4.69, 9.17) is 43.0 Å². The van der Waals surface area contributed by atoms with Gasteiger partial charge in [-0.1, -0.05) is 0 Å². The van der Waals surface area contributed by atoms with Gasteiger partial charge in [0.15, 0.2) is 17.5 Å². The van der Waals surface area contributed by atoms with Crippen LogP contribution in [-0.4, -0.2) is 163 Å². The summed E-state index contributed by atoms with van der Waals surface area (Å²) in [5.41, 5.74) is 0.582. The van der Waals surface area contributed by atoms with Gasteiger partial charge >= 0.3 is 0 Å². The lowest BCUT2D eigenvalue weighted by Crippen LogP contribution is -2.22. The second-order valence-electron chi connectivity index (χ2n) is 12.2. The van der Waals surface area contributed by atoms with Crippen molar-refractivity contribution in [3.63, 3.8) is 0 Å².